The fourth-order valence-electron chi connectivity index (χ4n) is 4.39. The summed E-state index contributed by atoms with van der Waals surface area (Å²) < 4.78 is 48.6. The molecule has 0 spiro atoms. The van der Waals surface area contributed by atoms with Crippen molar-refractivity contribution in [1.29, 1.82) is 0 Å². The van der Waals surface area contributed by atoms with Gasteiger partial charge in [0.2, 0.25) is 5.91 Å². The highest BCUT2D eigenvalue weighted by Crippen LogP contribution is 2.34. The molecule has 1 aliphatic heterocycles. The maximum atomic E-state index is 13.3. The van der Waals surface area contributed by atoms with Gasteiger partial charge in [0.1, 0.15) is 23.6 Å². The van der Waals surface area contributed by atoms with Gasteiger partial charge in [-0.25, -0.2) is 0 Å². The number of rotatable bonds is 9. The number of alkyl halides is 3. The summed E-state index contributed by atoms with van der Waals surface area (Å²) in [5.74, 6) is -1.03. The van der Waals surface area contributed by atoms with E-state index < -0.39 is 18.3 Å². The van der Waals surface area contributed by atoms with Crippen molar-refractivity contribution >= 4 is 11.8 Å². The third-order valence-corrected chi connectivity index (χ3v) is 6.00. The number of halogens is 3. The van der Waals surface area contributed by atoms with Crippen LogP contribution in [0.15, 0.2) is 54.7 Å². The monoisotopic (exact) mass is 545 g/mol. The van der Waals surface area contributed by atoms with Gasteiger partial charge >= 0.3 is 6.36 Å². The second-order valence-electron chi connectivity index (χ2n) is 10.2. The zero-order valence-electron chi connectivity index (χ0n) is 22.0. The number of nitrogens with one attached hydrogen (secondary N) is 1. The van der Waals surface area contributed by atoms with Crippen molar-refractivity contribution in [2.24, 2.45) is 0 Å². The van der Waals surface area contributed by atoms with Crippen LogP contribution in [0.1, 0.15) is 67.0 Å². The lowest BCUT2D eigenvalue weighted by atomic mass is 10.0. The largest absolute Gasteiger partial charge is 0.573 e. The molecule has 2 atom stereocenters. The first-order valence-electron chi connectivity index (χ1n) is 12.4. The predicted octanol–water partition coefficient (Wildman–Crippen LogP) is 4.57. The maximum Gasteiger partial charge on any atom is 0.573 e. The van der Waals surface area contributed by atoms with E-state index in [1.54, 1.807) is 35.1 Å². The first-order valence-corrected chi connectivity index (χ1v) is 12.4. The summed E-state index contributed by atoms with van der Waals surface area (Å²) in [5.41, 5.74) is 1.90. The van der Waals surface area contributed by atoms with Gasteiger partial charge in [0.15, 0.2) is 0 Å². The summed E-state index contributed by atoms with van der Waals surface area (Å²) in [7, 11) is 0. The summed E-state index contributed by atoms with van der Waals surface area (Å²) in [4.78, 5) is 28.0. The molecule has 0 radical (unpaired) electrons. The van der Waals surface area contributed by atoms with Gasteiger partial charge < -0.3 is 19.7 Å². The molecule has 1 aromatic heterocycles. The van der Waals surface area contributed by atoms with E-state index in [1.165, 1.54) is 29.2 Å². The predicted molar refractivity (Wildman–Crippen MR) is 134 cm³/mol. The molecule has 9 nitrogen and oxygen atoms in total. The van der Waals surface area contributed by atoms with Gasteiger partial charge in [-0.3, -0.25) is 14.3 Å². The molecule has 12 heteroatoms. The van der Waals surface area contributed by atoms with Crippen molar-refractivity contribution in [3.05, 3.63) is 77.1 Å². The van der Waals surface area contributed by atoms with Gasteiger partial charge in [0, 0.05) is 18.7 Å². The quantitative estimate of drug-likeness (QED) is 0.423. The van der Waals surface area contributed by atoms with E-state index >= 15 is 0 Å². The fourth-order valence-corrected chi connectivity index (χ4v) is 4.39. The molecule has 0 aliphatic carbocycles. The van der Waals surface area contributed by atoms with E-state index in [2.05, 4.69) is 20.4 Å². The third-order valence-electron chi connectivity index (χ3n) is 6.00. The molecule has 2 unspecified atom stereocenters. The van der Waals surface area contributed by atoms with Crippen LogP contribution in [0.4, 0.5) is 13.2 Å². The minimum absolute atomic E-state index is 0.0595. The number of aromatic nitrogens is 3. The zero-order chi connectivity index (χ0) is 28.4. The Kier molecular flexibility index (Phi) is 7.96. The lowest BCUT2D eigenvalue weighted by Crippen LogP contribution is -2.40. The Labute approximate surface area is 223 Å². The van der Waals surface area contributed by atoms with Crippen LogP contribution in [-0.4, -0.2) is 50.2 Å². The Hall–Kier alpha value is -3.93. The third kappa shape index (κ3) is 7.14. The topological polar surface area (TPSA) is 98.6 Å². The molecule has 3 aromatic rings. The van der Waals surface area contributed by atoms with Gasteiger partial charge in [-0.2, -0.15) is 0 Å². The van der Waals surface area contributed by atoms with Crippen molar-refractivity contribution < 1.29 is 32.2 Å². The normalized spacial score (nSPS) is 16.2. The Morgan fingerprint density at radius 3 is 2.44 bits per heavy atom. The molecular weight excluding hydrogens is 515 g/mol. The van der Waals surface area contributed by atoms with Crippen LogP contribution in [0.5, 0.6) is 5.75 Å². The average molecular weight is 546 g/mol. The summed E-state index contributed by atoms with van der Waals surface area (Å²) in [6.07, 6.45) is -3.30. The zero-order valence-corrected chi connectivity index (χ0v) is 22.0. The number of carbonyl (C=O) groups excluding carboxylic acids is 2. The van der Waals surface area contributed by atoms with Gasteiger partial charge in [-0.15, -0.1) is 18.3 Å². The molecule has 0 fully saturated rings. The SMILES string of the molecule is CC(OC(C)(C)C)c1cn(CCN2C(=O)c3ccccc3C2C(=O)NCc2ccc(OC(F)(F)F)cc2)nn1. The van der Waals surface area contributed by atoms with Crippen molar-refractivity contribution in [2.45, 2.75) is 64.9 Å². The molecule has 0 saturated carbocycles. The van der Waals surface area contributed by atoms with E-state index in [4.69, 9.17) is 4.74 Å². The first-order chi connectivity index (χ1) is 18.3. The van der Waals surface area contributed by atoms with Gasteiger partial charge in [0.25, 0.3) is 5.91 Å². The highest BCUT2D eigenvalue weighted by atomic mass is 19.4. The molecule has 4 rings (SSSR count). The van der Waals surface area contributed by atoms with E-state index in [1.807, 2.05) is 27.7 Å². The number of hydrogen-bond acceptors (Lipinski definition) is 6. The minimum atomic E-state index is -4.78. The standard InChI is InChI=1S/C27H30F3N5O4/c1-17(38-26(2,3)4)22-16-34(33-32-22)13-14-35-23(20-7-5-6-8-21(20)25(35)37)24(36)31-15-18-9-11-19(12-10-18)39-27(28,29)30/h5-12,16-17,23H,13-15H2,1-4H3,(H,31,36). The van der Waals surface area contributed by atoms with Crippen LogP contribution in [0.3, 0.4) is 0 Å². The van der Waals surface area contributed by atoms with E-state index in [0.29, 0.717) is 28.9 Å². The lowest BCUT2D eigenvalue weighted by Gasteiger charge is -2.24. The average Bonchev–Trinajstić information content (AvgIpc) is 3.43. The Morgan fingerprint density at radius 1 is 1.08 bits per heavy atom. The van der Waals surface area contributed by atoms with Gasteiger partial charge in [-0.05, 0) is 57.0 Å². The van der Waals surface area contributed by atoms with Gasteiger partial charge in [0.05, 0.1) is 18.3 Å². The number of hydrogen-bond donors (Lipinski definition) is 1. The molecular formula is C27H30F3N5O4. The van der Waals surface area contributed by atoms with E-state index in [0.717, 1.165) is 0 Å². The maximum absolute atomic E-state index is 13.3. The van der Waals surface area contributed by atoms with Crippen LogP contribution in [0.2, 0.25) is 0 Å². The molecule has 1 aliphatic rings. The smallest absolute Gasteiger partial charge is 0.406 e. The number of nitrogens with zero attached hydrogens (tertiary/aromatic N) is 4. The summed E-state index contributed by atoms with van der Waals surface area (Å²) in [6.45, 7) is 8.31. The van der Waals surface area contributed by atoms with Crippen molar-refractivity contribution in [1.82, 2.24) is 25.2 Å². The molecule has 2 aromatic carbocycles. The molecule has 0 bridgehead atoms. The number of benzene rings is 2. The first kappa shape index (κ1) is 28.1. The van der Waals surface area contributed by atoms with Crippen LogP contribution >= 0.6 is 0 Å². The highest BCUT2D eigenvalue weighted by Gasteiger charge is 2.40. The summed E-state index contributed by atoms with van der Waals surface area (Å²) >= 11 is 0. The van der Waals surface area contributed by atoms with Crippen LogP contribution in [0.25, 0.3) is 0 Å². The molecule has 208 valence electrons. The van der Waals surface area contributed by atoms with Crippen LogP contribution in [-0.2, 0) is 22.6 Å². The van der Waals surface area contributed by atoms with Crippen molar-refractivity contribution in [2.75, 3.05) is 6.54 Å². The molecule has 1 N–H and O–H groups in total. The lowest BCUT2D eigenvalue weighted by molar-refractivity contribution is -0.274. The fraction of sp³-hybridized carbons (Fsp3) is 0.407. The number of carbonyl (C=O) groups is 2. The van der Waals surface area contributed by atoms with Crippen molar-refractivity contribution in [3.8, 4) is 5.75 Å². The Morgan fingerprint density at radius 2 is 1.77 bits per heavy atom. The minimum Gasteiger partial charge on any atom is -0.406 e. The summed E-state index contributed by atoms with van der Waals surface area (Å²) in [6, 6.07) is 11.3. The van der Waals surface area contributed by atoms with Gasteiger partial charge in [-0.1, -0.05) is 35.5 Å². The Balaban J connectivity index is 1.43. The molecule has 2 heterocycles. The number of fused-ring (bicyclic) bond motifs is 1. The summed E-state index contributed by atoms with van der Waals surface area (Å²) in [5, 5.41) is 11.1. The molecule has 0 saturated heterocycles. The van der Waals surface area contributed by atoms with Crippen LogP contribution < -0.4 is 10.1 Å². The van der Waals surface area contributed by atoms with E-state index in [9.17, 15) is 22.8 Å². The number of amides is 2. The second-order valence-corrected chi connectivity index (χ2v) is 10.2. The van der Waals surface area contributed by atoms with Crippen LogP contribution in [0, 0.1) is 0 Å². The molecule has 2 amide bonds. The molecule has 39 heavy (non-hydrogen) atoms. The highest BCUT2D eigenvalue weighted by molar-refractivity contribution is 6.04. The van der Waals surface area contributed by atoms with Crippen molar-refractivity contribution in [3.63, 3.8) is 0 Å². The van der Waals surface area contributed by atoms with E-state index in [-0.39, 0.29) is 36.5 Å². The number of ether oxygens (including phenoxy) is 2. The second kappa shape index (κ2) is 11.0. The Bertz CT molecular complexity index is 1320.